The third kappa shape index (κ3) is 4.73. The summed E-state index contributed by atoms with van der Waals surface area (Å²) in [5.74, 6) is -0.503. The first-order valence-corrected chi connectivity index (χ1v) is 10.5. The van der Waals surface area contributed by atoms with E-state index in [-0.39, 0.29) is 24.9 Å². The molecule has 0 spiro atoms. The zero-order valence-electron chi connectivity index (χ0n) is 16.4. The molecule has 0 atom stereocenters. The smallest absolute Gasteiger partial charge is 0.310 e. The highest BCUT2D eigenvalue weighted by Gasteiger charge is 2.23. The van der Waals surface area contributed by atoms with Crippen molar-refractivity contribution in [1.29, 1.82) is 0 Å². The van der Waals surface area contributed by atoms with Gasteiger partial charge in [-0.1, -0.05) is 41.9 Å². The first-order valence-electron chi connectivity index (χ1n) is 10.1. The number of amides is 1. The van der Waals surface area contributed by atoms with Crippen molar-refractivity contribution in [2.75, 3.05) is 37.7 Å². The minimum atomic E-state index is -0.356. The second kappa shape index (κ2) is 8.87. The largest absolute Gasteiger partial charge is 0.455 e. The Morgan fingerprint density at radius 1 is 0.966 bits per heavy atom. The van der Waals surface area contributed by atoms with E-state index in [1.807, 2.05) is 30.3 Å². The summed E-state index contributed by atoms with van der Waals surface area (Å²) in [6.45, 7) is 2.39. The topological polar surface area (TPSA) is 49.9 Å². The molecule has 29 heavy (non-hydrogen) atoms. The second-order valence-corrected chi connectivity index (χ2v) is 8.02. The summed E-state index contributed by atoms with van der Waals surface area (Å²) in [6.07, 6.45) is 3.59. The number of esters is 1. The quantitative estimate of drug-likeness (QED) is 0.707. The Morgan fingerprint density at radius 2 is 1.72 bits per heavy atom. The number of hydrogen-bond acceptors (Lipinski definition) is 4. The predicted molar refractivity (Wildman–Crippen MR) is 113 cm³/mol. The maximum Gasteiger partial charge on any atom is 0.310 e. The maximum atomic E-state index is 12.4. The fraction of sp³-hybridized carbons (Fsp3) is 0.391. The number of anilines is 1. The van der Waals surface area contributed by atoms with Crippen LogP contribution in [0.4, 0.5) is 5.69 Å². The van der Waals surface area contributed by atoms with Gasteiger partial charge in [-0.2, -0.15) is 0 Å². The van der Waals surface area contributed by atoms with E-state index in [0.717, 1.165) is 24.1 Å². The van der Waals surface area contributed by atoms with Crippen LogP contribution in [0.5, 0.6) is 0 Å². The molecule has 2 aromatic rings. The van der Waals surface area contributed by atoms with Crippen molar-refractivity contribution in [3.8, 4) is 0 Å². The number of carbonyl (C=O) groups is 2. The highest BCUT2D eigenvalue weighted by molar-refractivity contribution is 6.33. The summed E-state index contributed by atoms with van der Waals surface area (Å²) < 4.78 is 5.25. The summed E-state index contributed by atoms with van der Waals surface area (Å²) >= 11 is 6.26. The fourth-order valence-electron chi connectivity index (χ4n) is 4.09. The number of fused-ring (bicyclic) bond motifs is 1. The van der Waals surface area contributed by atoms with E-state index in [4.69, 9.17) is 16.3 Å². The summed E-state index contributed by atoms with van der Waals surface area (Å²) in [5.41, 5.74) is 4.66. The standard InChI is InChI=1S/C23H25ClN2O3/c24-20-6-1-2-7-21(20)25-10-12-26(13-11-25)22(27)16-29-23(28)15-17-8-9-18-4-3-5-19(18)14-17/h1-2,6-9,14H,3-5,10-13,15-16H2. The molecule has 1 saturated heterocycles. The SMILES string of the molecule is O=C(Cc1ccc2c(c1)CCC2)OCC(=O)N1CCN(c2ccccc2Cl)CC1. The first-order chi connectivity index (χ1) is 14.1. The summed E-state index contributed by atoms with van der Waals surface area (Å²) in [6, 6.07) is 13.9. The van der Waals surface area contributed by atoms with Crippen LogP contribution in [-0.4, -0.2) is 49.6 Å². The van der Waals surface area contributed by atoms with E-state index < -0.39 is 0 Å². The number of halogens is 1. The van der Waals surface area contributed by atoms with Crippen LogP contribution in [0.25, 0.3) is 0 Å². The van der Waals surface area contributed by atoms with Gasteiger partial charge in [-0.15, -0.1) is 0 Å². The number of aryl methyl sites for hydroxylation is 2. The van der Waals surface area contributed by atoms with E-state index >= 15 is 0 Å². The molecule has 0 unspecified atom stereocenters. The first kappa shape index (κ1) is 19.8. The average molecular weight is 413 g/mol. The number of piperazine rings is 1. The van der Waals surface area contributed by atoms with E-state index in [1.54, 1.807) is 4.90 Å². The molecule has 0 radical (unpaired) electrons. The van der Waals surface area contributed by atoms with Crippen LogP contribution in [0.2, 0.25) is 5.02 Å². The van der Waals surface area contributed by atoms with Crippen LogP contribution in [0.15, 0.2) is 42.5 Å². The van der Waals surface area contributed by atoms with Crippen molar-refractivity contribution in [2.45, 2.75) is 25.7 Å². The number of benzene rings is 2. The van der Waals surface area contributed by atoms with Crippen LogP contribution in [0.3, 0.4) is 0 Å². The van der Waals surface area contributed by atoms with Crippen LogP contribution in [0, 0.1) is 0 Å². The van der Waals surface area contributed by atoms with Crippen molar-refractivity contribution in [3.63, 3.8) is 0 Å². The lowest BCUT2D eigenvalue weighted by atomic mass is 10.0. The Morgan fingerprint density at radius 3 is 2.52 bits per heavy atom. The van der Waals surface area contributed by atoms with Crippen molar-refractivity contribution in [3.05, 3.63) is 64.2 Å². The monoisotopic (exact) mass is 412 g/mol. The lowest BCUT2D eigenvalue weighted by Gasteiger charge is -2.36. The van der Waals surface area contributed by atoms with Crippen molar-refractivity contribution >= 4 is 29.2 Å². The fourth-order valence-corrected chi connectivity index (χ4v) is 4.35. The Balaban J connectivity index is 1.23. The van der Waals surface area contributed by atoms with E-state index in [2.05, 4.69) is 17.0 Å². The Labute approximate surface area is 176 Å². The molecule has 2 aromatic carbocycles. The van der Waals surface area contributed by atoms with Gasteiger partial charge in [0.15, 0.2) is 6.61 Å². The van der Waals surface area contributed by atoms with E-state index in [1.165, 1.54) is 17.5 Å². The molecule has 1 amide bonds. The Kier molecular flexibility index (Phi) is 6.05. The molecule has 1 heterocycles. The summed E-state index contributed by atoms with van der Waals surface area (Å²) in [7, 11) is 0. The number of para-hydroxylation sites is 1. The average Bonchev–Trinajstić information content (AvgIpc) is 3.20. The number of ether oxygens (including phenoxy) is 1. The van der Waals surface area contributed by atoms with Gasteiger partial charge in [0, 0.05) is 26.2 Å². The van der Waals surface area contributed by atoms with Gasteiger partial charge < -0.3 is 14.5 Å². The number of rotatable bonds is 5. The molecule has 0 N–H and O–H groups in total. The predicted octanol–water partition coefficient (Wildman–Crippen LogP) is 3.26. The molecule has 6 heteroatoms. The van der Waals surface area contributed by atoms with E-state index in [9.17, 15) is 9.59 Å². The summed E-state index contributed by atoms with van der Waals surface area (Å²) in [5, 5.41) is 0.716. The Bertz CT molecular complexity index is 907. The van der Waals surface area contributed by atoms with Crippen LogP contribution < -0.4 is 4.90 Å². The molecular formula is C23H25ClN2O3. The van der Waals surface area contributed by atoms with Gasteiger partial charge in [0.2, 0.25) is 0 Å². The second-order valence-electron chi connectivity index (χ2n) is 7.61. The van der Waals surface area contributed by atoms with Crippen LogP contribution in [0.1, 0.15) is 23.1 Å². The third-order valence-corrected chi connectivity index (χ3v) is 6.01. The molecule has 152 valence electrons. The van der Waals surface area contributed by atoms with Gasteiger partial charge >= 0.3 is 5.97 Å². The molecule has 1 aliphatic carbocycles. The molecule has 0 bridgehead atoms. The van der Waals surface area contributed by atoms with Crippen molar-refractivity contribution < 1.29 is 14.3 Å². The van der Waals surface area contributed by atoms with Crippen LogP contribution >= 0.6 is 11.6 Å². The maximum absolute atomic E-state index is 12.4. The summed E-state index contributed by atoms with van der Waals surface area (Å²) in [4.78, 5) is 28.5. The molecule has 4 rings (SSSR count). The minimum absolute atomic E-state index is 0.147. The van der Waals surface area contributed by atoms with Gasteiger partial charge in [-0.05, 0) is 48.1 Å². The van der Waals surface area contributed by atoms with Gasteiger partial charge in [-0.25, -0.2) is 0 Å². The molecular weight excluding hydrogens is 388 g/mol. The highest BCUT2D eigenvalue weighted by Crippen LogP contribution is 2.26. The van der Waals surface area contributed by atoms with Gasteiger partial charge in [0.1, 0.15) is 0 Å². The highest BCUT2D eigenvalue weighted by atomic mass is 35.5. The van der Waals surface area contributed by atoms with Gasteiger partial charge in [0.05, 0.1) is 17.1 Å². The van der Waals surface area contributed by atoms with E-state index in [0.29, 0.717) is 31.2 Å². The van der Waals surface area contributed by atoms with Gasteiger partial charge in [-0.3, -0.25) is 9.59 Å². The van der Waals surface area contributed by atoms with Crippen molar-refractivity contribution in [2.24, 2.45) is 0 Å². The molecule has 0 saturated carbocycles. The molecule has 1 fully saturated rings. The molecule has 1 aliphatic heterocycles. The number of nitrogens with zero attached hydrogens (tertiary/aromatic N) is 2. The van der Waals surface area contributed by atoms with Crippen LogP contribution in [-0.2, 0) is 33.6 Å². The van der Waals surface area contributed by atoms with Gasteiger partial charge in [0.25, 0.3) is 5.91 Å². The zero-order valence-corrected chi connectivity index (χ0v) is 17.2. The lowest BCUT2D eigenvalue weighted by molar-refractivity contribution is -0.151. The Hall–Kier alpha value is -2.53. The normalized spacial score (nSPS) is 15.9. The molecule has 2 aliphatic rings. The van der Waals surface area contributed by atoms with Crippen molar-refractivity contribution in [1.82, 2.24) is 4.90 Å². The minimum Gasteiger partial charge on any atom is -0.455 e. The number of carbonyl (C=O) groups excluding carboxylic acids is 2. The number of hydrogen-bond donors (Lipinski definition) is 0. The lowest BCUT2D eigenvalue weighted by Crippen LogP contribution is -2.50. The zero-order chi connectivity index (χ0) is 20.2. The molecule has 0 aromatic heterocycles. The third-order valence-electron chi connectivity index (χ3n) is 5.69. The molecule has 5 nitrogen and oxygen atoms in total.